The van der Waals surface area contributed by atoms with E-state index in [1.807, 2.05) is 0 Å². The molecule has 0 bridgehead atoms. The van der Waals surface area contributed by atoms with Crippen LogP contribution < -0.4 is 15.2 Å². The second-order valence-corrected chi connectivity index (χ2v) is 4.84. The summed E-state index contributed by atoms with van der Waals surface area (Å²) in [5, 5.41) is 12.6. The minimum absolute atomic E-state index is 0.0762. The van der Waals surface area contributed by atoms with Crippen LogP contribution in [0.3, 0.4) is 0 Å². The van der Waals surface area contributed by atoms with Crippen molar-refractivity contribution in [2.24, 2.45) is 10.9 Å². The lowest BCUT2D eigenvalue weighted by Crippen LogP contribution is -2.14. The second-order valence-electron chi connectivity index (χ2n) is 4.03. The molecule has 0 aliphatic rings. The van der Waals surface area contributed by atoms with Crippen molar-refractivity contribution in [2.75, 3.05) is 7.11 Å². The molecular weight excluding hydrogens is 315 g/mol. The van der Waals surface area contributed by atoms with Crippen molar-refractivity contribution in [3.8, 4) is 17.2 Å². The van der Waals surface area contributed by atoms with Crippen LogP contribution in [0.15, 0.2) is 41.6 Å². The first-order valence-corrected chi connectivity index (χ1v) is 6.59. The summed E-state index contributed by atoms with van der Waals surface area (Å²) in [7, 11) is 1.53. The van der Waals surface area contributed by atoms with Gasteiger partial charge in [-0.2, -0.15) is 0 Å². The van der Waals surface area contributed by atoms with Gasteiger partial charge in [-0.25, -0.2) is 0 Å². The molecule has 0 amide bonds. The Morgan fingerprint density at radius 2 is 1.81 bits per heavy atom. The lowest BCUT2D eigenvalue weighted by Gasteiger charge is -2.12. The van der Waals surface area contributed by atoms with Crippen molar-refractivity contribution in [1.82, 2.24) is 0 Å². The van der Waals surface area contributed by atoms with Gasteiger partial charge in [-0.05, 0) is 24.3 Å². The highest BCUT2D eigenvalue weighted by atomic mass is 35.5. The fourth-order valence-electron chi connectivity index (χ4n) is 1.65. The molecule has 0 saturated carbocycles. The molecule has 0 aliphatic heterocycles. The molecule has 7 heteroatoms. The van der Waals surface area contributed by atoms with E-state index in [0.717, 1.165) is 0 Å². The van der Waals surface area contributed by atoms with E-state index >= 15 is 0 Å². The zero-order valence-electron chi connectivity index (χ0n) is 11.0. The summed E-state index contributed by atoms with van der Waals surface area (Å²) in [5.74, 6) is 1.32. The molecule has 0 saturated heterocycles. The predicted molar refractivity (Wildman–Crippen MR) is 82.0 cm³/mol. The smallest absolute Gasteiger partial charge is 0.173 e. The summed E-state index contributed by atoms with van der Waals surface area (Å²) in [6, 6.07) is 9.76. The number of hydrogen-bond acceptors (Lipinski definition) is 4. The van der Waals surface area contributed by atoms with Crippen LogP contribution in [0.2, 0.25) is 10.0 Å². The van der Waals surface area contributed by atoms with E-state index in [2.05, 4.69) is 5.16 Å². The Labute approximate surface area is 131 Å². The number of nitrogens with zero attached hydrogens (tertiary/aromatic N) is 1. The number of amidine groups is 1. The number of hydrogen-bond donors (Lipinski definition) is 2. The van der Waals surface area contributed by atoms with Gasteiger partial charge in [0.05, 0.1) is 22.7 Å². The number of oxime groups is 1. The Morgan fingerprint density at radius 1 is 1.10 bits per heavy atom. The molecule has 0 unspecified atom stereocenters. The van der Waals surface area contributed by atoms with Gasteiger partial charge in [-0.1, -0.05) is 28.4 Å². The molecule has 0 heterocycles. The van der Waals surface area contributed by atoms with Gasteiger partial charge in [0.25, 0.3) is 0 Å². The first-order chi connectivity index (χ1) is 10.0. The Bertz CT molecular complexity index is 690. The standard InChI is InChI=1S/C14H12Cl2N2O3/c1-20-8-2-4-10(14(17)18-19)13(7-8)21-9-3-5-11(15)12(16)6-9/h2-7,19H,1H3,(H2,17,18). The van der Waals surface area contributed by atoms with Gasteiger partial charge in [0.2, 0.25) is 0 Å². The van der Waals surface area contributed by atoms with E-state index in [9.17, 15) is 0 Å². The highest BCUT2D eigenvalue weighted by Crippen LogP contribution is 2.32. The highest BCUT2D eigenvalue weighted by molar-refractivity contribution is 6.42. The Hall–Kier alpha value is -2.11. The zero-order valence-corrected chi connectivity index (χ0v) is 12.5. The van der Waals surface area contributed by atoms with Crippen LogP contribution in [0.25, 0.3) is 0 Å². The Morgan fingerprint density at radius 3 is 2.43 bits per heavy atom. The minimum Gasteiger partial charge on any atom is -0.497 e. The van der Waals surface area contributed by atoms with Crippen molar-refractivity contribution in [3.05, 3.63) is 52.0 Å². The number of benzene rings is 2. The molecule has 0 spiro atoms. The van der Waals surface area contributed by atoms with Crippen LogP contribution in [0.5, 0.6) is 17.2 Å². The lowest BCUT2D eigenvalue weighted by molar-refractivity contribution is 0.318. The highest BCUT2D eigenvalue weighted by Gasteiger charge is 2.12. The molecule has 110 valence electrons. The van der Waals surface area contributed by atoms with E-state index in [-0.39, 0.29) is 5.84 Å². The van der Waals surface area contributed by atoms with E-state index in [1.165, 1.54) is 7.11 Å². The summed E-state index contributed by atoms with van der Waals surface area (Å²) in [4.78, 5) is 0. The van der Waals surface area contributed by atoms with E-state index < -0.39 is 0 Å². The van der Waals surface area contributed by atoms with Gasteiger partial charge in [-0.15, -0.1) is 0 Å². The van der Waals surface area contributed by atoms with Crippen LogP contribution in [0.4, 0.5) is 0 Å². The average Bonchev–Trinajstić information content (AvgIpc) is 2.50. The largest absolute Gasteiger partial charge is 0.497 e. The first kappa shape index (κ1) is 15.3. The number of halogens is 2. The minimum atomic E-state index is -0.0762. The third-order valence-electron chi connectivity index (χ3n) is 2.69. The Balaban J connectivity index is 2.43. The number of methoxy groups -OCH3 is 1. The molecule has 0 radical (unpaired) electrons. The molecule has 5 nitrogen and oxygen atoms in total. The van der Waals surface area contributed by atoms with Gasteiger partial charge >= 0.3 is 0 Å². The van der Waals surface area contributed by atoms with Crippen molar-refractivity contribution < 1.29 is 14.7 Å². The van der Waals surface area contributed by atoms with Crippen LogP contribution >= 0.6 is 23.2 Å². The third kappa shape index (κ3) is 3.51. The molecule has 3 N–H and O–H groups in total. The van der Waals surface area contributed by atoms with Crippen molar-refractivity contribution in [1.29, 1.82) is 0 Å². The van der Waals surface area contributed by atoms with Crippen molar-refractivity contribution in [3.63, 3.8) is 0 Å². The zero-order chi connectivity index (χ0) is 15.4. The fraction of sp³-hybridized carbons (Fsp3) is 0.0714. The molecule has 0 aromatic heterocycles. The summed E-state index contributed by atoms with van der Waals surface area (Å²) in [6.07, 6.45) is 0. The van der Waals surface area contributed by atoms with Crippen molar-refractivity contribution >= 4 is 29.0 Å². The maximum atomic E-state index is 8.82. The fourth-order valence-corrected chi connectivity index (χ4v) is 1.93. The molecule has 2 aromatic rings. The maximum Gasteiger partial charge on any atom is 0.173 e. The van der Waals surface area contributed by atoms with E-state index in [4.69, 9.17) is 43.6 Å². The van der Waals surface area contributed by atoms with Crippen LogP contribution in [-0.4, -0.2) is 18.2 Å². The molecule has 0 aliphatic carbocycles. The van der Waals surface area contributed by atoms with Gasteiger partial charge < -0.3 is 20.4 Å². The van der Waals surface area contributed by atoms with Crippen LogP contribution in [0.1, 0.15) is 5.56 Å². The summed E-state index contributed by atoms with van der Waals surface area (Å²) in [6.45, 7) is 0. The summed E-state index contributed by atoms with van der Waals surface area (Å²) < 4.78 is 10.8. The summed E-state index contributed by atoms with van der Waals surface area (Å²) in [5.41, 5.74) is 6.05. The number of nitrogens with two attached hydrogens (primary N) is 1. The van der Waals surface area contributed by atoms with Crippen LogP contribution in [-0.2, 0) is 0 Å². The summed E-state index contributed by atoms with van der Waals surface area (Å²) >= 11 is 11.8. The van der Waals surface area contributed by atoms with Crippen molar-refractivity contribution in [2.45, 2.75) is 0 Å². The second kappa shape index (κ2) is 6.56. The topological polar surface area (TPSA) is 77.1 Å². The van der Waals surface area contributed by atoms with E-state index in [0.29, 0.717) is 32.9 Å². The van der Waals surface area contributed by atoms with E-state index in [1.54, 1.807) is 36.4 Å². The molecule has 2 rings (SSSR count). The molecule has 21 heavy (non-hydrogen) atoms. The van der Waals surface area contributed by atoms with Crippen LogP contribution in [0, 0.1) is 0 Å². The molecule has 0 atom stereocenters. The lowest BCUT2D eigenvalue weighted by atomic mass is 10.1. The number of ether oxygens (including phenoxy) is 2. The van der Waals surface area contributed by atoms with Gasteiger partial charge in [-0.3, -0.25) is 0 Å². The normalized spacial score (nSPS) is 11.3. The third-order valence-corrected chi connectivity index (χ3v) is 3.43. The van der Waals surface area contributed by atoms with Gasteiger partial charge in [0.15, 0.2) is 5.84 Å². The predicted octanol–water partition coefficient (Wildman–Crippen LogP) is 3.89. The average molecular weight is 327 g/mol. The Kier molecular flexibility index (Phi) is 4.77. The number of rotatable bonds is 4. The quantitative estimate of drug-likeness (QED) is 0.386. The molecular formula is C14H12Cl2N2O3. The first-order valence-electron chi connectivity index (χ1n) is 5.84. The molecule has 2 aromatic carbocycles. The van der Waals surface area contributed by atoms with Gasteiger partial charge in [0.1, 0.15) is 17.2 Å². The monoisotopic (exact) mass is 326 g/mol. The SMILES string of the molecule is COc1ccc(/C(N)=N/O)c(Oc2ccc(Cl)c(Cl)c2)c1. The maximum absolute atomic E-state index is 8.82. The molecule has 0 fully saturated rings. The van der Waals surface area contributed by atoms with Gasteiger partial charge in [0, 0.05) is 12.1 Å².